The summed E-state index contributed by atoms with van der Waals surface area (Å²) in [5, 5.41) is 12.2. The fraction of sp³-hybridized carbons (Fsp3) is 0.176. The largest absolute Gasteiger partial charge is 0.480 e. The smallest absolute Gasteiger partial charge is 0.326 e. The van der Waals surface area contributed by atoms with Crippen molar-refractivity contribution in [2.24, 2.45) is 0 Å². The zero-order valence-corrected chi connectivity index (χ0v) is 13.3. The molecule has 23 heavy (non-hydrogen) atoms. The Hall–Kier alpha value is -2.53. The molecule has 0 aliphatic carbocycles. The summed E-state index contributed by atoms with van der Waals surface area (Å²) in [5.41, 5.74) is 7.94. The molecule has 0 aromatic heterocycles. The predicted molar refractivity (Wildman–Crippen MR) is 89.6 cm³/mol. The van der Waals surface area contributed by atoms with Crippen molar-refractivity contribution < 1.29 is 14.7 Å². The molecule has 6 heteroatoms. The molecule has 0 unspecified atom stereocenters. The summed E-state index contributed by atoms with van der Waals surface area (Å²) in [7, 11) is 0. The molecule has 0 spiro atoms. The molecule has 1 atom stereocenters. The van der Waals surface area contributed by atoms with Crippen LogP contribution < -0.4 is 11.1 Å². The quantitative estimate of drug-likeness (QED) is 0.734. The van der Waals surface area contributed by atoms with Crippen LogP contribution >= 0.6 is 11.6 Å². The van der Waals surface area contributed by atoms with Crippen molar-refractivity contribution in [2.75, 3.05) is 5.73 Å². The van der Waals surface area contributed by atoms with Gasteiger partial charge in [-0.3, -0.25) is 4.79 Å². The van der Waals surface area contributed by atoms with Gasteiger partial charge in [0.2, 0.25) is 0 Å². The highest BCUT2D eigenvalue weighted by atomic mass is 35.5. The Morgan fingerprint density at radius 1 is 1.22 bits per heavy atom. The number of aliphatic carboxylic acids is 1. The number of carbonyl (C=O) groups excluding carboxylic acids is 1. The van der Waals surface area contributed by atoms with Crippen LogP contribution in [0.2, 0.25) is 5.02 Å². The molecular formula is C17H17ClN2O3. The number of amides is 1. The molecule has 0 saturated carbocycles. The molecule has 5 nitrogen and oxygen atoms in total. The number of carbonyl (C=O) groups is 2. The number of nitrogens with two attached hydrogens (primary N) is 1. The van der Waals surface area contributed by atoms with Gasteiger partial charge in [0.1, 0.15) is 6.04 Å². The van der Waals surface area contributed by atoms with Crippen molar-refractivity contribution in [3.05, 3.63) is 64.2 Å². The Bertz CT molecular complexity index is 709. The van der Waals surface area contributed by atoms with Gasteiger partial charge in [0, 0.05) is 12.1 Å². The highest BCUT2D eigenvalue weighted by molar-refractivity contribution is 6.34. The average molecular weight is 333 g/mol. The first-order valence-corrected chi connectivity index (χ1v) is 7.39. The molecule has 0 fully saturated rings. The Kier molecular flexibility index (Phi) is 5.24. The molecule has 0 radical (unpaired) electrons. The van der Waals surface area contributed by atoms with Gasteiger partial charge in [0.15, 0.2) is 0 Å². The van der Waals surface area contributed by atoms with Crippen LogP contribution in [-0.4, -0.2) is 23.0 Å². The molecule has 2 aromatic rings. The average Bonchev–Trinajstić information content (AvgIpc) is 2.48. The topological polar surface area (TPSA) is 92.4 Å². The molecule has 2 rings (SSSR count). The van der Waals surface area contributed by atoms with E-state index < -0.39 is 17.9 Å². The molecule has 0 aliphatic heterocycles. The molecular weight excluding hydrogens is 316 g/mol. The van der Waals surface area contributed by atoms with Crippen LogP contribution in [0.25, 0.3) is 0 Å². The van der Waals surface area contributed by atoms with Crippen LogP contribution in [-0.2, 0) is 11.2 Å². The predicted octanol–water partition coefficient (Wildman–Crippen LogP) is 2.66. The zero-order chi connectivity index (χ0) is 17.0. The molecule has 0 heterocycles. The Labute approximate surface area is 139 Å². The number of rotatable bonds is 5. The van der Waals surface area contributed by atoms with Gasteiger partial charge in [-0.2, -0.15) is 0 Å². The SMILES string of the molecule is Cc1cccc(Cl)c1C(=O)N[C@@H](Cc1ccc(N)cc1)C(=O)O. The molecule has 0 bridgehead atoms. The second-order valence-corrected chi connectivity index (χ2v) is 5.65. The lowest BCUT2D eigenvalue weighted by Crippen LogP contribution is -2.42. The number of hydrogen-bond donors (Lipinski definition) is 3. The summed E-state index contributed by atoms with van der Waals surface area (Å²) in [4.78, 5) is 23.8. The minimum Gasteiger partial charge on any atom is -0.480 e. The van der Waals surface area contributed by atoms with E-state index in [0.29, 0.717) is 16.3 Å². The van der Waals surface area contributed by atoms with E-state index in [1.54, 1.807) is 49.4 Å². The molecule has 2 aromatic carbocycles. The third-order valence-electron chi connectivity index (χ3n) is 3.47. The fourth-order valence-electron chi connectivity index (χ4n) is 2.24. The van der Waals surface area contributed by atoms with Gasteiger partial charge in [-0.1, -0.05) is 35.9 Å². The number of anilines is 1. The lowest BCUT2D eigenvalue weighted by atomic mass is 10.0. The maximum absolute atomic E-state index is 12.4. The number of nitrogen functional groups attached to an aromatic ring is 1. The number of halogens is 1. The molecule has 0 saturated heterocycles. The maximum atomic E-state index is 12.4. The summed E-state index contributed by atoms with van der Waals surface area (Å²) in [6.07, 6.45) is 0.158. The van der Waals surface area contributed by atoms with Crippen LogP contribution in [0.5, 0.6) is 0 Å². The summed E-state index contributed by atoms with van der Waals surface area (Å²) in [6.45, 7) is 1.75. The third-order valence-corrected chi connectivity index (χ3v) is 3.79. The Balaban J connectivity index is 2.18. The second-order valence-electron chi connectivity index (χ2n) is 5.24. The molecule has 4 N–H and O–H groups in total. The van der Waals surface area contributed by atoms with Crippen molar-refractivity contribution in [3.63, 3.8) is 0 Å². The molecule has 120 valence electrons. The number of carboxylic acids is 1. The van der Waals surface area contributed by atoms with E-state index in [-0.39, 0.29) is 12.0 Å². The van der Waals surface area contributed by atoms with E-state index in [1.165, 1.54) is 0 Å². The van der Waals surface area contributed by atoms with E-state index in [9.17, 15) is 14.7 Å². The zero-order valence-electron chi connectivity index (χ0n) is 12.5. The first-order valence-electron chi connectivity index (χ1n) is 7.01. The normalized spacial score (nSPS) is 11.7. The minimum absolute atomic E-state index is 0.158. The van der Waals surface area contributed by atoms with Crippen LogP contribution in [0, 0.1) is 6.92 Å². The standard InChI is InChI=1S/C17H17ClN2O3/c1-10-3-2-4-13(18)15(10)16(21)20-14(17(22)23)9-11-5-7-12(19)8-6-11/h2-8,14H,9,19H2,1H3,(H,20,21)(H,22,23)/t14-/m0/s1. The van der Waals surface area contributed by atoms with Gasteiger partial charge in [0.05, 0.1) is 10.6 Å². The van der Waals surface area contributed by atoms with Gasteiger partial charge in [-0.05, 0) is 36.2 Å². The van der Waals surface area contributed by atoms with Crippen molar-refractivity contribution in [2.45, 2.75) is 19.4 Å². The molecule has 0 aliphatic rings. The fourth-order valence-corrected chi connectivity index (χ4v) is 2.55. The highest BCUT2D eigenvalue weighted by Crippen LogP contribution is 2.19. The Morgan fingerprint density at radius 3 is 2.43 bits per heavy atom. The third kappa shape index (κ3) is 4.23. The van der Waals surface area contributed by atoms with E-state index in [2.05, 4.69) is 5.32 Å². The number of benzene rings is 2. The van der Waals surface area contributed by atoms with Crippen LogP contribution in [0.15, 0.2) is 42.5 Å². The van der Waals surface area contributed by atoms with E-state index in [1.807, 2.05) is 0 Å². The summed E-state index contributed by atoms with van der Waals surface area (Å²) < 4.78 is 0. The number of nitrogens with one attached hydrogen (secondary N) is 1. The number of hydrogen-bond acceptors (Lipinski definition) is 3. The maximum Gasteiger partial charge on any atom is 0.326 e. The summed E-state index contributed by atoms with van der Waals surface area (Å²) >= 11 is 6.04. The van der Waals surface area contributed by atoms with Gasteiger partial charge in [-0.25, -0.2) is 4.79 Å². The lowest BCUT2D eigenvalue weighted by molar-refractivity contribution is -0.139. The van der Waals surface area contributed by atoms with Gasteiger partial charge in [-0.15, -0.1) is 0 Å². The van der Waals surface area contributed by atoms with Crippen molar-refractivity contribution in [1.82, 2.24) is 5.32 Å². The first-order chi connectivity index (χ1) is 10.9. The highest BCUT2D eigenvalue weighted by Gasteiger charge is 2.23. The number of carboxylic acid groups (broad SMARTS) is 1. The van der Waals surface area contributed by atoms with E-state index >= 15 is 0 Å². The van der Waals surface area contributed by atoms with E-state index in [0.717, 1.165) is 5.56 Å². The van der Waals surface area contributed by atoms with Crippen molar-refractivity contribution >= 4 is 29.2 Å². The van der Waals surface area contributed by atoms with Crippen LogP contribution in [0.1, 0.15) is 21.5 Å². The first kappa shape index (κ1) is 16.8. The van der Waals surface area contributed by atoms with Gasteiger partial charge in [0.25, 0.3) is 5.91 Å². The minimum atomic E-state index is -1.11. The van der Waals surface area contributed by atoms with E-state index in [4.69, 9.17) is 17.3 Å². The van der Waals surface area contributed by atoms with Crippen LogP contribution in [0.3, 0.4) is 0 Å². The monoisotopic (exact) mass is 332 g/mol. The van der Waals surface area contributed by atoms with Gasteiger partial charge >= 0.3 is 5.97 Å². The summed E-state index contributed by atoms with van der Waals surface area (Å²) in [5.74, 6) is -1.61. The van der Waals surface area contributed by atoms with Gasteiger partial charge < -0.3 is 16.2 Å². The molecule has 1 amide bonds. The lowest BCUT2D eigenvalue weighted by Gasteiger charge is -2.16. The van der Waals surface area contributed by atoms with Crippen molar-refractivity contribution in [1.29, 1.82) is 0 Å². The number of aryl methyl sites for hydroxylation is 1. The summed E-state index contributed by atoms with van der Waals surface area (Å²) in [6, 6.07) is 10.9. The second kappa shape index (κ2) is 7.15. The van der Waals surface area contributed by atoms with Crippen LogP contribution in [0.4, 0.5) is 5.69 Å². The Morgan fingerprint density at radius 2 is 1.87 bits per heavy atom. The van der Waals surface area contributed by atoms with Crippen molar-refractivity contribution in [3.8, 4) is 0 Å².